The summed E-state index contributed by atoms with van der Waals surface area (Å²) in [4.78, 5) is 30.4. The van der Waals surface area contributed by atoms with Gasteiger partial charge in [0.1, 0.15) is 0 Å². The first-order chi connectivity index (χ1) is 19.2. The summed E-state index contributed by atoms with van der Waals surface area (Å²) < 4.78 is 9.74. The molecule has 40 heavy (non-hydrogen) atoms. The number of ether oxygens (including phenoxy) is 1. The lowest BCUT2D eigenvalue weighted by Crippen LogP contribution is -2.29. The molecule has 212 valence electrons. The number of carbonyl (C=O) groups excluding carboxylic acids is 1. The smallest absolute Gasteiger partial charge is 0.254 e. The van der Waals surface area contributed by atoms with Crippen molar-refractivity contribution in [2.75, 3.05) is 13.4 Å². The number of pyridine rings is 1. The Hall–Kier alpha value is -3.30. The van der Waals surface area contributed by atoms with E-state index in [1.54, 1.807) is 11.8 Å². The lowest BCUT2D eigenvalue weighted by Gasteiger charge is -2.33. The second-order valence-electron chi connectivity index (χ2n) is 11.0. The van der Waals surface area contributed by atoms with Crippen molar-refractivity contribution in [3.05, 3.63) is 69.5 Å². The molecule has 8 nitrogen and oxygen atoms in total. The zero-order chi connectivity index (χ0) is 28.6. The molecule has 1 aliphatic carbocycles. The molecule has 1 saturated carbocycles. The summed E-state index contributed by atoms with van der Waals surface area (Å²) in [6.45, 7) is 6.35. The first-order valence-corrected chi connectivity index (χ1v) is 15.2. The molecule has 4 aromatic rings. The zero-order valence-corrected chi connectivity index (χ0v) is 25.0. The third kappa shape index (κ3) is 5.37. The van der Waals surface area contributed by atoms with Gasteiger partial charge in [0.2, 0.25) is 0 Å². The number of nitrogens with zero attached hydrogens (tertiary/aromatic N) is 3. The first kappa shape index (κ1) is 28.2. The zero-order valence-electron chi connectivity index (χ0n) is 24.2. The van der Waals surface area contributed by atoms with Gasteiger partial charge < -0.3 is 19.6 Å². The highest BCUT2D eigenvalue weighted by atomic mass is 32.2. The molecule has 0 aliphatic heterocycles. The summed E-state index contributed by atoms with van der Waals surface area (Å²) in [5, 5.41) is 8.32. The maximum Gasteiger partial charge on any atom is 0.254 e. The number of hydrogen-bond donors (Lipinski definition) is 2. The minimum absolute atomic E-state index is 0.162. The van der Waals surface area contributed by atoms with Crippen molar-refractivity contribution in [3.63, 3.8) is 0 Å². The molecule has 3 heterocycles. The number of aromatic nitrogens is 4. The third-order valence-corrected chi connectivity index (χ3v) is 9.34. The van der Waals surface area contributed by atoms with E-state index in [0.717, 1.165) is 64.0 Å². The highest BCUT2D eigenvalue weighted by molar-refractivity contribution is 7.98. The van der Waals surface area contributed by atoms with E-state index >= 15 is 0 Å². The number of aromatic amines is 1. The lowest BCUT2D eigenvalue weighted by molar-refractivity contribution is 0.0492. The van der Waals surface area contributed by atoms with Crippen molar-refractivity contribution in [3.8, 4) is 11.1 Å². The Morgan fingerprint density at radius 1 is 1.20 bits per heavy atom. The van der Waals surface area contributed by atoms with E-state index in [1.807, 2.05) is 45.6 Å². The molecule has 0 spiro atoms. The Balaban J connectivity index is 1.54. The topological polar surface area (TPSA) is 93.9 Å². The summed E-state index contributed by atoms with van der Waals surface area (Å²) in [6, 6.07) is 8.53. The fourth-order valence-corrected chi connectivity index (χ4v) is 7.02. The molecule has 0 bridgehead atoms. The lowest BCUT2D eigenvalue weighted by atomic mass is 9.83. The van der Waals surface area contributed by atoms with Crippen LogP contribution in [0.15, 0.2) is 46.3 Å². The van der Waals surface area contributed by atoms with Gasteiger partial charge in [-0.05, 0) is 82.4 Å². The van der Waals surface area contributed by atoms with E-state index in [1.165, 1.54) is 11.8 Å². The Morgan fingerprint density at radius 3 is 2.60 bits per heavy atom. The molecular weight excluding hydrogens is 522 g/mol. The molecule has 0 unspecified atom stereocenters. The minimum atomic E-state index is -0.174. The average molecular weight is 562 g/mol. The van der Waals surface area contributed by atoms with Crippen LogP contribution >= 0.6 is 11.8 Å². The molecule has 1 amide bonds. The molecule has 1 fully saturated rings. The number of methoxy groups -OCH3 is 1. The second-order valence-corrected chi connectivity index (χ2v) is 11.8. The van der Waals surface area contributed by atoms with Crippen LogP contribution in [0.2, 0.25) is 0 Å². The van der Waals surface area contributed by atoms with Gasteiger partial charge >= 0.3 is 0 Å². The van der Waals surface area contributed by atoms with Crippen molar-refractivity contribution in [2.24, 2.45) is 13.0 Å². The number of H-pyrrole nitrogens is 1. The van der Waals surface area contributed by atoms with E-state index in [0.29, 0.717) is 23.1 Å². The predicted octanol–water partition coefficient (Wildman–Crippen LogP) is 5.77. The molecule has 5 rings (SSSR count). The van der Waals surface area contributed by atoms with Crippen LogP contribution < -0.4 is 10.9 Å². The van der Waals surface area contributed by atoms with Gasteiger partial charge in [-0.3, -0.25) is 14.3 Å². The van der Waals surface area contributed by atoms with Gasteiger partial charge in [-0.25, -0.2) is 0 Å². The number of carbonyl (C=O) groups is 1. The number of thioether (sulfide) groups is 1. The monoisotopic (exact) mass is 561 g/mol. The maximum absolute atomic E-state index is 13.9. The molecule has 1 aromatic carbocycles. The van der Waals surface area contributed by atoms with Gasteiger partial charge in [0, 0.05) is 71.3 Å². The van der Waals surface area contributed by atoms with Crippen molar-refractivity contribution < 1.29 is 9.53 Å². The van der Waals surface area contributed by atoms with Gasteiger partial charge in [0.05, 0.1) is 17.9 Å². The average Bonchev–Trinajstić information content (AvgIpc) is 3.51. The molecule has 1 aliphatic rings. The van der Waals surface area contributed by atoms with Crippen LogP contribution in [0.4, 0.5) is 0 Å². The van der Waals surface area contributed by atoms with Crippen LogP contribution in [0.25, 0.3) is 22.0 Å². The Kier molecular flexibility index (Phi) is 8.24. The molecule has 3 aromatic heterocycles. The van der Waals surface area contributed by atoms with Crippen LogP contribution in [-0.4, -0.2) is 44.7 Å². The summed E-state index contributed by atoms with van der Waals surface area (Å²) >= 11 is 1.51. The minimum Gasteiger partial charge on any atom is -0.381 e. The SMILES string of the molecule is CO[C@H]1CC[C@H]([C@@H](C)n2c(C)c(C(=O)NCc3c(SC)cc(C)[nH]c3=O)c3cc(-c4cnn(C)c4)ccc32)CC1. The van der Waals surface area contributed by atoms with Crippen LogP contribution in [-0.2, 0) is 18.3 Å². The summed E-state index contributed by atoms with van der Waals surface area (Å²) in [5.74, 6) is 0.330. The van der Waals surface area contributed by atoms with E-state index in [9.17, 15) is 9.59 Å². The standard InChI is InChI=1S/C31H39N5O3S/c1-18-13-28(40-6)26(30(37)34-18)16-32-31(38)29-20(3)36(19(2)21-7-10-24(39-5)11-8-21)27-12-9-22(14-25(27)29)23-15-33-35(4)17-23/h9,12-15,17,19,21,24H,7-8,10-11,16H2,1-6H3,(H,32,38)(H,34,37)/t19-,21-,24-/m1/s1. The highest BCUT2D eigenvalue weighted by Gasteiger charge is 2.30. The second kappa shape index (κ2) is 11.7. The van der Waals surface area contributed by atoms with Gasteiger partial charge in [-0.2, -0.15) is 5.10 Å². The van der Waals surface area contributed by atoms with Crippen molar-refractivity contribution >= 4 is 28.6 Å². The maximum atomic E-state index is 13.9. The summed E-state index contributed by atoms with van der Waals surface area (Å²) in [5.41, 5.74) is 5.89. The number of amides is 1. The summed E-state index contributed by atoms with van der Waals surface area (Å²) in [7, 11) is 3.70. The fraction of sp³-hybridized carbons (Fsp3) is 0.452. The molecule has 9 heteroatoms. The van der Waals surface area contributed by atoms with Crippen LogP contribution in [0, 0.1) is 19.8 Å². The molecule has 0 saturated heterocycles. The van der Waals surface area contributed by atoms with Crippen molar-refractivity contribution in [1.82, 2.24) is 24.6 Å². The van der Waals surface area contributed by atoms with Gasteiger partial charge in [0.15, 0.2) is 0 Å². The van der Waals surface area contributed by atoms with Crippen LogP contribution in [0.5, 0.6) is 0 Å². The third-order valence-electron chi connectivity index (χ3n) is 8.53. The largest absolute Gasteiger partial charge is 0.381 e. The molecule has 1 atom stereocenters. The van der Waals surface area contributed by atoms with Gasteiger partial charge in [0.25, 0.3) is 11.5 Å². The molecular formula is C31H39N5O3S. The number of nitrogens with one attached hydrogen (secondary N) is 2. The van der Waals surface area contributed by atoms with Crippen LogP contribution in [0.1, 0.15) is 66.0 Å². The summed E-state index contributed by atoms with van der Waals surface area (Å²) in [6.07, 6.45) is 10.4. The molecule has 0 radical (unpaired) electrons. The quantitative estimate of drug-likeness (QED) is 0.267. The van der Waals surface area contributed by atoms with E-state index in [2.05, 4.69) is 45.1 Å². The number of aryl methyl sites for hydroxylation is 2. The van der Waals surface area contributed by atoms with Crippen molar-refractivity contribution in [2.45, 2.75) is 70.0 Å². The normalized spacial score (nSPS) is 18.2. The predicted molar refractivity (Wildman–Crippen MR) is 161 cm³/mol. The number of rotatable bonds is 8. The van der Waals surface area contributed by atoms with Crippen molar-refractivity contribution in [1.29, 1.82) is 0 Å². The fourth-order valence-electron chi connectivity index (χ4n) is 6.31. The number of benzene rings is 1. The highest BCUT2D eigenvalue weighted by Crippen LogP contribution is 2.39. The van der Waals surface area contributed by atoms with E-state index in [-0.39, 0.29) is 24.1 Å². The van der Waals surface area contributed by atoms with Crippen LogP contribution in [0.3, 0.4) is 0 Å². The van der Waals surface area contributed by atoms with Gasteiger partial charge in [-0.15, -0.1) is 11.8 Å². The number of hydrogen-bond acceptors (Lipinski definition) is 5. The molecule has 2 N–H and O–H groups in total. The Labute approximate surface area is 239 Å². The van der Waals surface area contributed by atoms with Gasteiger partial charge in [-0.1, -0.05) is 6.07 Å². The Morgan fingerprint density at radius 2 is 1.95 bits per heavy atom. The number of fused-ring (bicyclic) bond motifs is 1. The first-order valence-electron chi connectivity index (χ1n) is 13.9. The Bertz CT molecular complexity index is 1590. The van der Waals surface area contributed by atoms with E-state index in [4.69, 9.17) is 4.74 Å². The van der Waals surface area contributed by atoms with E-state index < -0.39 is 0 Å².